The number of carbonyl (C=O) groups is 1. The third kappa shape index (κ3) is 3.61. The zero-order valence-corrected chi connectivity index (χ0v) is 15.5. The molecule has 0 aliphatic heterocycles. The molecule has 2 heterocycles. The van der Waals surface area contributed by atoms with Gasteiger partial charge in [0.15, 0.2) is 11.0 Å². The molecule has 2 aromatic heterocycles. The lowest BCUT2D eigenvalue weighted by atomic mass is 10.3. The summed E-state index contributed by atoms with van der Waals surface area (Å²) >= 11 is 2.64. The summed E-state index contributed by atoms with van der Waals surface area (Å²) in [7, 11) is 0. The zero-order chi connectivity index (χ0) is 18.1. The smallest absolute Gasteiger partial charge is 0.234 e. The average Bonchev–Trinajstić information content (AvgIpc) is 3.24. The highest BCUT2D eigenvalue weighted by Gasteiger charge is 2.31. The molecule has 3 aromatic rings. The maximum absolute atomic E-state index is 12.9. The van der Waals surface area contributed by atoms with Crippen molar-refractivity contribution < 1.29 is 9.18 Å². The fourth-order valence-electron chi connectivity index (χ4n) is 2.49. The van der Waals surface area contributed by atoms with Gasteiger partial charge in [0.1, 0.15) is 10.7 Å². The van der Waals surface area contributed by atoms with E-state index in [0.717, 1.165) is 29.2 Å². The Bertz CT molecular complexity index is 935. The number of hydrogen-bond donors (Lipinski definition) is 1. The van der Waals surface area contributed by atoms with Crippen molar-refractivity contribution in [2.24, 2.45) is 0 Å². The summed E-state index contributed by atoms with van der Waals surface area (Å²) in [5.74, 6) is 0.447. The molecule has 1 aromatic carbocycles. The Kier molecular flexibility index (Phi) is 4.68. The number of rotatable bonds is 6. The van der Waals surface area contributed by atoms with Crippen LogP contribution in [-0.2, 0) is 4.79 Å². The van der Waals surface area contributed by atoms with Crippen LogP contribution in [0.2, 0.25) is 0 Å². The number of nitrogens with zero attached hydrogens (tertiary/aromatic N) is 5. The number of benzene rings is 1. The van der Waals surface area contributed by atoms with E-state index in [4.69, 9.17) is 0 Å². The topological polar surface area (TPSA) is 85.6 Å². The highest BCUT2D eigenvalue weighted by molar-refractivity contribution is 7.99. The van der Waals surface area contributed by atoms with E-state index in [1.807, 2.05) is 6.92 Å². The van der Waals surface area contributed by atoms with Gasteiger partial charge in [-0.2, -0.15) is 0 Å². The number of carbonyl (C=O) groups excluding carboxylic acids is 1. The molecular weight excluding hydrogens is 375 g/mol. The second-order valence-corrected chi connectivity index (χ2v) is 7.64. The maximum atomic E-state index is 12.9. The minimum absolute atomic E-state index is 0.177. The first-order chi connectivity index (χ1) is 12.6. The van der Waals surface area contributed by atoms with E-state index in [2.05, 4.69) is 29.7 Å². The molecule has 10 heteroatoms. The number of amides is 1. The van der Waals surface area contributed by atoms with Gasteiger partial charge in [-0.25, -0.2) is 4.39 Å². The highest BCUT2D eigenvalue weighted by atomic mass is 32.2. The number of aromatic nitrogens is 5. The van der Waals surface area contributed by atoms with E-state index in [1.165, 1.54) is 47.6 Å². The molecule has 0 atom stereocenters. The van der Waals surface area contributed by atoms with Crippen molar-refractivity contribution in [2.45, 2.75) is 31.0 Å². The predicted octanol–water partition coefficient (Wildman–Crippen LogP) is 3.31. The monoisotopic (exact) mass is 390 g/mol. The summed E-state index contributed by atoms with van der Waals surface area (Å²) in [6.45, 7) is 1.90. The Morgan fingerprint density at radius 1 is 1.31 bits per heavy atom. The third-order valence-corrected chi connectivity index (χ3v) is 5.66. The van der Waals surface area contributed by atoms with Crippen LogP contribution in [-0.4, -0.2) is 36.0 Å². The van der Waals surface area contributed by atoms with Gasteiger partial charge in [-0.05, 0) is 55.6 Å². The number of thioether (sulfide) groups is 1. The van der Waals surface area contributed by atoms with Crippen LogP contribution in [0.15, 0.2) is 29.4 Å². The van der Waals surface area contributed by atoms with Crippen LogP contribution in [0.5, 0.6) is 0 Å². The Morgan fingerprint density at radius 3 is 2.73 bits per heavy atom. The van der Waals surface area contributed by atoms with Crippen molar-refractivity contribution >= 4 is 34.9 Å². The average molecular weight is 390 g/mol. The molecule has 7 nitrogen and oxygen atoms in total. The standard InChI is InChI=1S/C16H15FN6OS2/c1-9-14(26-22-19-9)15-20-21-16(23(15)12-6-7-12)25-8-13(24)18-11-4-2-10(17)3-5-11/h2-5,12H,6-8H2,1H3,(H,18,24). The van der Waals surface area contributed by atoms with Gasteiger partial charge in [0.2, 0.25) is 5.91 Å². The molecule has 134 valence electrons. The molecule has 0 bridgehead atoms. The quantitative estimate of drug-likeness (QED) is 0.650. The van der Waals surface area contributed by atoms with Crippen LogP contribution in [0.25, 0.3) is 10.7 Å². The number of aryl methyl sites for hydroxylation is 1. The maximum Gasteiger partial charge on any atom is 0.234 e. The van der Waals surface area contributed by atoms with Gasteiger partial charge in [0, 0.05) is 11.7 Å². The lowest BCUT2D eigenvalue weighted by Gasteiger charge is -2.08. The Morgan fingerprint density at radius 2 is 2.08 bits per heavy atom. The first-order valence-electron chi connectivity index (χ1n) is 8.04. The van der Waals surface area contributed by atoms with Gasteiger partial charge in [-0.3, -0.25) is 9.36 Å². The van der Waals surface area contributed by atoms with Crippen LogP contribution in [0.3, 0.4) is 0 Å². The van der Waals surface area contributed by atoms with Crippen molar-refractivity contribution in [1.29, 1.82) is 0 Å². The third-order valence-electron chi connectivity index (χ3n) is 3.89. The van der Waals surface area contributed by atoms with Crippen molar-refractivity contribution in [3.05, 3.63) is 35.8 Å². The van der Waals surface area contributed by atoms with Gasteiger partial charge in [-0.15, -0.1) is 15.3 Å². The summed E-state index contributed by atoms with van der Waals surface area (Å²) < 4.78 is 19.0. The molecule has 1 amide bonds. The summed E-state index contributed by atoms with van der Waals surface area (Å²) in [4.78, 5) is 13.1. The fraction of sp³-hybridized carbons (Fsp3) is 0.312. The number of hydrogen-bond acceptors (Lipinski definition) is 7. The summed E-state index contributed by atoms with van der Waals surface area (Å²) in [5, 5.41) is 16.1. The Balaban J connectivity index is 1.47. The lowest BCUT2D eigenvalue weighted by Crippen LogP contribution is -2.14. The van der Waals surface area contributed by atoms with Gasteiger partial charge >= 0.3 is 0 Å². The van der Waals surface area contributed by atoms with E-state index in [9.17, 15) is 9.18 Å². The van der Waals surface area contributed by atoms with Crippen LogP contribution in [0.1, 0.15) is 24.6 Å². The van der Waals surface area contributed by atoms with Crippen molar-refractivity contribution in [3.8, 4) is 10.7 Å². The number of nitrogens with one attached hydrogen (secondary N) is 1. The first-order valence-corrected chi connectivity index (χ1v) is 9.80. The minimum Gasteiger partial charge on any atom is -0.325 e. The highest BCUT2D eigenvalue weighted by Crippen LogP contribution is 2.41. The van der Waals surface area contributed by atoms with E-state index < -0.39 is 0 Å². The molecule has 4 rings (SSSR count). The largest absolute Gasteiger partial charge is 0.325 e. The van der Waals surface area contributed by atoms with E-state index in [-0.39, 0.29) is 17.5 Å². The second-order valence-electron chi connectivity index (χ2n) is 5.94. The summed E-state index contributed by atoms with van der Waals surface area (Å²) in [5.41, 5.74) is 1.39. The molecule has 0 unspecified atom stereocenters. The van der Waals surface area contributed by atoms with Crippen LogP contribution < -0.4 is 5.32 Å². The molecule has 1 N–H and O–H groups in total. The predicted molar refractivity (Wildman–Crippen MR) is 97.7 cm³/mol. The van der Waals surface area contributed by atoms with E-state index >= 15 is 0 Å². The molecule has 1 fully saturated rings. The molecule has 1 aliphatic carbocycles. The van der Waals surface area contributed by atoms with Crippen LogP contribution in [0.4, 0.5) is 10.1 Å². The molecule has 1 aliphatic rings. The second kappa shape index (κ2) is 7.12. The van der Waals surface area contributed by atoms with Gasteiger partial charge in [0.25, 0.3) is 0 Å². The number of anilines is 1. The normalized spacial score (nSPS) is 13.8. The zero-order valence-electron chi connectivity index (χ0n) is 13.8. The van der Waals surface area contributed by atoms with E-state index in [1.54, 1.807) is 0 Å². The lowest BCUT2D eigenvalue weighted by molar-refractivity contribution is -0.113. The van der Waals surface area contributed by atoms with Crippen LogP contribution >= 0.6 is 23.3 Å². The Hall–Kier alpha value is -2.33. The van der Waals surface area contributed by atoms with Gasteiger partial charge < -0.3 is 5.32 Å². The van der Waals surface area contributed by atoms with Crippen LogP contribution in [0, 0.1) is 12.7 Å². The SMILES string of the molecule is Cc1nnsc1-c1nnc(SCC(=O)Nc2ccc(F)cc2)n1C1CC1. The fourth-order valence-corrected chi connectivity index (χ4v) is 3.93. The first kappa shape index (κ1) is 17.1. The molecule has 26 heavy (non-hydrogen) atoms. The minimum atomic E-state index is -0.338. The summed E-state index contributed by atoms with van der Waals surface area (Å²) in [6.07, 6.45) is 2.15. The Labute approximate surface area is 157 Å². The summed E-state index contributed by atoms with van der Waals surface area (Å²) in [6, 6.07) is 6.04. The molecule has 0 radical (unpaired) electrons. The van der Waals surface area contributed by atoms with Gasteiger partial charge in [-0.1, -0.05) is 16.3 Å². The van der Waals surface area contributed by atoms with Crippen molar-refractivity contribution in [3.63, 3.8) is 0 Å². The molecule has 0 spiro atoms. The van der Waals surface area contributed by atoms with Crippen molar-refractivity contribution in [2.75, 3.05) is 11.1 Å². The molecular formula is C16H15FN6OS2. The molecule has 1 saturated carbocycles. The number of halogens is 1. The van der Waals surface area contributed by atoms with Crippen molar-refractivity contribution in [1.82, 2.24) is 24.4 Å². The molecule has 0 saturated heterocycles. The van der Waals surface area contributed by atoms with E-state index in [0.29, 0.717) is 16.9 Å². The van der Waals surface area contributed by atoms with Gasteiger partial charge in [0.05, 0.1) is 11.4 Å².